The van der Waals surface area contributed by atoms with Gasteiger partial charge < -0.3 is 15.0 Å². The molecule has 2 aromatic rings. The highest BCUT2D eigenvalue weighted by molar-refractivity contribution is 9.10. The van der Waals surface area contributed by atoms with Crippen molar-refractivity contribution in [2.24, 2.45) is 0 Å². The van der Waals surface area contributed by atoms with Crippen LogP contribution < -0.4 is 10.2 Å². The highest BCUT2D eigenvalue weighted by Crippen LogP contribution is 2.32. The molecule has 8 heteroatoms. The van der Waals surface area contributed by atoms with E-state index in [1.807, 2.05) is 18.5 Å². The van der Waals surface area contributed by atoms with Gasteiger partial charge in [-0.15, -0.1) is 11.3 Å². The minimum atomic E-state index is 0.580. The monoisotopic (exact) mass is 355 g/mol. The molecule has 0 aromatic carbocycles. The first-order chi connectivity index (χ1) is 9.78. The first-order valence-corrected chi connectivity index (χ1v) is 7.95. The largest absolute Gasteiger partial charge is 0.378 e. The summed E-state index contributed by atoms with van der Waals surface area (Å²) in [4.78, 5) is 16.6. The standard InChI is InChI=1S/C12H14BrN5OS/c1-14-11-15-10(9-8(13)2-7-20-9)16-12(17-11)18-3-5-19-6-4-18/h2,7H,3-6H2,1H3,(H,14,15,16,17). The fourth-order valence-electron chi connectivity index (χ4n) is 1.94. The van der Waals surface area contributed by atoms with E-state index in [9.17, 15) is 0 Å². The van der Waals surface area contributed by atoms with Gasteiger partial charge in [0.05, 0.1) is 18.1 Å². The summed E-state index contributed by atoms with van der Waals surface area (Å²) >= 11 is 5.13. The lowest BCUT2D eigenvalue weighted by atomic mass is 10.4. The minimum absolute atomic E-state index is 0.580. The van der Waals surface area contributed by atoms with Crippen molar-refractivity contribution >= 4 is 39.2 Å². The highest BCUT2D eigenvalue weighted by Gasteiger charge is 2.18. The summed E-state index contributed by atoms with van der Waals surface area (Å²) in [7, 11) is 1.81. The number of morpholine rings is 1. The van der Waals surface area contributed by atoms with Gasteiger partial charge in [0, 0.05) is 24.6 Å². The maximum Gasteiger partial charge on any atom is 0.230 e. The zero-order valence-corrected chi connectivity index (χ0v) is 13.4. The molecule has 3 heterocycles. The molecule has 1 aliphatic heterocycles. The molecular formula is C12H14BrN5OS. The van der Waals surface area contributed by atoms with Gasteiger partial charge in [0.15, 0.2) is 5.82 Å². The Labute approximate surface area is 129 Å². The summed E-state index contributed by atoms with van der Waals surface area (Å²) in [5, 5.41) is 5.01. The van der Waals surface area contributed by atoms with E-state index < -0.39 is 0 Å². The quantitative estimate of drug-likeness (QED) is 0.910. The molecule has 106 valence electrons. The summed E-state index contributed by atoms with van der Waals surface area (Å²) in [5.41, 5.74) is 0. The molecule has 2 aromatic heterocycles. The van der Waals surface area contributed by atoms with Crippen LogP contribution in [0.25, 0.3) is 10.7 Å². The second-order valence-electron chi connectivity index (χ2n) is 4.23. The Bertz CT molecular complexity index is 599. The molecule has 0 amide bonds. The summed E-state index contributed by atoms with van der Waals surface area (Å²) < 4.78 is 6.37. The second kappa shape index (κ2) is 6.02. The average Bonchev–Trinajstić information content (AvgIpc) is 2.94. The van der Waals surface area contributed by atoms with Crippen LogP contribution in [0, 0.1) is 0 Å². The van der Waals surface area contributed by atoms with Crippen molar-refractivity contribution < 1.29 is 4.74 Å². The summed E-state index contributed by atoms with van der Waals surface area (Å²) in [6.07, 6.45) is 0. The minimum Gasteiger partial charge on any atom is -0.378 e. The predicted molar refractivity (Wildman–Crippen MR) is 83.4 cm³/mol. The lowest BCUT2D eigenvalue weighted by Gasteiger charge is -2.27. The zero-order valence-electron chi connectivity index (χ0n) is 11.0. The Morgan fingerprint density at radius 3 is 2.75 bits per heavy atom. The van der Waals surface area contributed by atoms with Crippen LogP contribution in [0.15, 0.2) is 15.9 Å². The summed E-state index contributed by atoms with van der Waals surface area (Å²) in [5.74, 6) is 1.97. The Hall–Kier alpha value is -1.25. The van der Waals surface area contributed by atoms with Gasteiger partial charge in [-0.1, -0.05) is 0 Å². The van der Waals surface area contributed by atoms with Gasteiger partial charge in [-0.25, -0.2) is 0 Å². The fraction of sp³-hybridized carbons (Fsp3) is 0.417. The van der Waals surface area contributed by atoms with Crippen molar-refractivity contribution in [2.75, 3.05) is 43.6 Å². The van der Waals surface area contributed by atoms with E-state index in [0.29, 0.717) is 30.9 Å². The van der Waals surface area contributed by atoms with E-state index in [1.54, 1.807) is 11.3 Å². The lowest BCUT2D eigenvalue weighted by Crippen LogP contribution is -2.37. The SMILES string of the molecule is CNc1nc(-c2sccc2Br)nc(N2CCOCC2)n1. The van der Waals surface area contributed by atoms with Crippen LogP contribution in [0.4, 0.5) is 11.9 Å². The number of anilines is 2. The topological polar surface area (TPSA) is 63.2 Å². The van der Waals surface area contributed by atoms with E-state index in [4.69, 9.17) is 4.74 Å². The number of nitrogens with zero attached hydrogens (tertiary/aromatic N) is 4. The van der Waals surface area contributed by atoms with Gasteiger partial charge in [0.1, 0.15) is 0 Å². The molecule has 0 radical (unpaired) electrons. The van der Waals surface area contributed by atoms with Crippen LogP contribution in [-0.2, 0) is 4.74 Å². The number of ether oxygens (including phenoxy) is 1. The normalized spacial score (nSPS) is 15.4. The summed E-state index contributed by atoms with van der Waals surface area (Å²) in [6.45, 7) is 3.02. The molecule has 0 unspecified atom stereocenters. The van der Waals surface area contributed by atoms with Crippen LogP contribution in [-0.4, -0.2) is 48.3 Å². The lowest BCUT2D eigenvalue weighted by molar-refractivity contribution is 0.122. The van der Waals surface area contributed by atoms with Crippen LogP contribution in [0.2, 0.25) is 0 Å². The number of hydrogen-bond donors (Lipinski definition) is 1. The van der Waals surface area contributed by atoms with Crippen LogP contribution in [0.5, 0.6) is 0 Å². The number of nitrogens with one attached hydrogen (secondary N) is 1. The Morgan fingerprint density at radius 1 is 1.30 bits per heavy atom. The Balaban J connectivity index is 2.00. The van der Waals surface area contributed by atoms with Crippen molar-refractivity contribution in [1.82, 2.24) is 15.0 Å². The number of hydrogen-bond acceptors (Lipinski definition) is 7. The predicted octanol–water partition coefficient (Wildman–Crippen LogP) is 2.24. The fourth-order valence-corrected chi connectivity index (χ4v) is 3.42. The first kappa shape index (κ1) is 13.7. The Morgan fingerprint density at radius 2 is 2.10 bits per heavy atom. The van der Waals surface area contributed by atoms with E-state index >= 15 is 0 Å². The van der Waals surface area contributed by atoms with Crippen molar-refractivity contribution in [1.29, 1.82) is 0 Å². The number of aromatic nitrogens is 3. The molecule has 0 atom stereocenters. The molecule has 1 aliphatic rings. The third-order valence-corrected chi connectivity index (χ3v) is 4.80. The second-order valence-corrected chi connectivity index (χ2v) is 6.00. The molecule has 0 bridgehead atoms. The van der Waals surface area contributed by atoms with Crippen molar-refractivity contribution in [3.8, 4) is 10.7 Å². The molecule has 1 N–H and O–H groups in total. The molecule has 1 saturated heterocycles. The Kier molecular flexibility index (Phi) is 4.13. The third-order valence-electron chi connectivity index (χ3n) is 2.96. The van der Waals surface area contributed by atoms with Gasteiger partial charge in [0.2, 0.25) is 11.9 Å². The van der Waals surface area contributed by atoms with Crippen molar-refractivity contribution in [2.45, 2.75) is 0 Å². The maximum atomic E-state index is 5.37. The number of halogens is 1. The molecule has 6 nitrogen and oxygen atoms in total. The van der Waals surface area contributed by atoms with Gasteiger partial charge >= 0.3 is 0 Å². The van der Waals surface area contributed by atoms with Gasteiger partial charge in [0.25, 0.3) is 0 Å². The molecule has 0 saturated carbocycles. The van der Waals surface area contributed by atoms with E-state index in [-0.39, 0.29) is 0 Å². The molecule has 3 rings (SSSR count). The summed E-state index contributed by atoms with van der Waals surface area (Å²) in [6, 6.07) is 2.00. The van der Waals surface area contributed by atoms with E-state index in [2.05, 4.69) is 41.1 Å². The highest BCUT2D eigenvalue weighted by atomic mass is 79.9. The van der Waals surface area contributed by atoms with Crippen LogP contribution in [0.3, 0.4) is 0 Å². The van der Waals surface area contributed by atoms with Crippen LogP contribution >= 0.6 is 27.3 Å². The third kappa shape index (κ3) is 2.77. The molecule has 0 aliphatic carbocycles. The van der Waals surface area contributed by atoms with E-state index in [1.165, 1.54) is 0 Å². The first-order valence-electron chi connectivity index (χ1n) is 6.28. The molecule has 1 fully saturated rings. The maximum absolute atomic E-state index is 5.37. The van der Waals surface area contributed by atoms with Gasteiger partial charge in [-0.3, -0.25) is 0 Å². The molecular weight excluding hydrogens is 342 g/mol. The number of rotatable bonds is 3. The van der Waals surface area contributed by atoms with Crippen LogP contribution in [0.1, 0.15) is 0 Å². The van der Waals surface area contributed by atoms with Crippen molar-refractivity contribution in [3.63, 3.8) is 0 Å². The van der Waals surface area contributed by atoms with Gasteiger partial charge in [-0.05, 0) is 27.4 Å². The molecule has 20 heavy (non-hydrogen) atoms. The smallest absolute Gasteiger partial charge is 0.230 e. The average molecular weight is 356 g/mol. The number of thiophene rings is 1. The van der Waals surface area contributed by atoms with Gasteiger partial charge in [-0.2, -0.15) is 15.0 Å². The zero-order chi connectivity index (χ0) is 13.9. The van der Waals surface area contributed by atoms with E-state index in [0.717, 1.165) is 22.4 Å². The van der Waals surface area contributed by atoms with Crippen molar-refractivity contribution in [3.05, 3.63) is 15.9 Å². The molecule has 0 spiro atoms.